The van der Waals surface area contributed by atoms with Crippen molar-refractivity contribution in [3.63, 3.8) is 0 Å². The van der Waals surface area contributed by atoms with Crippen LogP contribution in [0.1, 0.15) is 47.2 Å². The number of ether oxygens (including phenoxy) is 2. The minimum atomic E-state index is -4.04. The first-order valence-electron chi connectivity index (χ1n) is 11.2. The number of carboxylic acid groups (broad SMARTS) is 1. The zero-order chi connectivity index (χ0) is 24.7. The predicted molar refractivity (Wildman–Crippen MR) is 126 cm³/mol. The molecule has 2 aromatic rings. The van der Waals surface area contributed by atoms with E-state index in [0.29, 0.717) is 50.1 Å². The Morgan fingerprint density at radius 3 is 2.65 bits per heavy atom. The summed E-state index contributed by atoms with van der Waals surface area (Å²) in [5.74, 6) is 0.736. The number of amides is 1. The Balaban J connectivity index is 1.57. The number of carbonyl (C=O) groups is 2. The standard InChI is InChI=1S/C24H30N2O7S/c1-32-21-10-3-2-7-17(21)11-13-26(24(28)29)12-5-4-9-20(27)19-15-18-8-6-14-33-23(18)22(16-19)34(25,30)31/h2-3,7,10,15-16H,4-6,8-9,11-14H2,1H3,(H,28,29)(H2,25,30,31). The molecule has 1 aliphatic rings. The average Bonchev–Trinajstić information content (AvgIpc) is 2.82. The van der Waals surface area contributed by atoms with Gasteiger partial charge in [-0.25, -0.2) is 18.4 Å². The summed E-state index contributed by atoms with van der Waals surface area (Å²) in [7, 11) is -2.46. The number of Topliss-reactive ketones (excluding diaryl/α,β-unsaturated/α-hetero) is 1. The van der Waals surface area contributed by atoms with Crippen molar-refractivity contribution in [3.8, 4) is 11.5 Å². The number of carbonyl (C=O) groups excluding carboxylic acids is 1. The summed E-state index contributed by atoms with van der Waals surface area (Å²) in [6, 6.07) is 10.4. The first-order chi connectivity index (χ1) is 16.2. The zero-order valence-corrected chi connectivity index (χ0v) is 20.0. The highest BCUT2D eigenvalue weighted by Gasteiger charge is 2.24. The second kappa shape index (κ2) is 11.3. The Bertz CT molecular complexity index is 1150. The number of fused-ring (bicyclic) bond motifs is 1. The number of para-hydroxylation sites is 1. The third-order valence-corrected chi connectivity index (χ3v) is 6.71. The Hall–Kier alpha value is -3.11. The quantitative estimate of drug-likeness (QED) is 0.364. The predicted octanol–water partition coefficient (Wildman–Crippen LogP) is 3.24. The number of aryl methyl sites for hydroxylation is 1. The molecule has 184 valence electrons. The van der Waals surface area contributed by atoms with Gasteiger partial charge in [-0.15, -0.1) is 0 Å². The van der Waals surface area contributed by atoms with Gasteiger partial charge in [0, 0.05) is 25.1 Å². The van der Waals surface area contributed by atoms with E-state index in [1.807, 2.05) is 24.3 Å². The summed E-state index contributed by atoms with van der Waals surface area (Å²) in [4.78, 5) is 25.5. The monoisotopic (exact) mass is 490 g/mol. The highest BCUT2D eigenvalue weighted by atomic mass is 32.2. The zero-order valence-electron chi connectivity index (χ0n) is 19.2. The van der Waals surface area contributed by atoms with E-state index in [1.54, 1.807) is 13.2 Å². The Labute approximate surface area is 199 Å². The molecule has 0 atom stereocenters. The largest absolute Gasteiger partial charge is 0.496 e. The van der Waals surface area contributed by atoms with Crippen LogP contribution in [0.25, 0.3) is 0 Å². The Morgan fingerprint density at radius 2 is 1.94 bits per heavy atom. The van der Waals surface area contributed by atoms with E-state index in [2.05, 4.69) is 0 Å². The van der Waals surface area contributed by atoms with Gasteiger partial charge >= 0.3 is 6.09 Å². The van der Waals surface area contributed by atoms with E-state index in [9.17, 15) is 23.1 Å². The number of benzene rings is 2. The van der Waals surface area contributed by atoms with Gasteiger partial charge in [0.1, 0.15) is 16.4 Å². The molecule has 1 amide bonds. The summed E-state index contributed by atoms with van der Waals surface area (Å²) in [5, 5.41) is 14.9. The van der Waals surface area contributed by atoms with Gasteiger partial charge in [-0.3, -0.25) is 4.79 Å². The molecule has 1 heterocycles. The van der Waals surface area contributed by atoms with Crippen LogP contribution in [0.15, 0.2) is 41.3 Å². The molecule has 3 N–H and O–H groups in total. The van der Waals surface area contributed by atoms with Crippen molar-refractivity contribution in [3.05, 3.63) is 53.1 Å². The maximum atomic E-state index is 12.7. The van der Waals surface area contributed by atoms with Crippen LogP contribution in [0.3, 0.4) is 0 Å². The average molecular weight is 491 g/mol. The summed E-state index contributed by atoms with van der Waals surface area (Å²) in [6.45, 7) is 1.00. The number of sulfonamides is 1. The topological polar surface area (TPSA) is 136 Å². The van der Waals surface area contributed by atoms with Gasteiger partial charge in [-0.1, -0.05) is 18.2 Å². The van der Waals surface area contributed by atoms with Crippen molar-refractivity contribution in [1.29, 1.82) is 0 Å². The molecule has 1 aliphatic heterocycles. The molecule has 0 saturated carbocycles. The molecule has 9 nitrogen and oxygen atoms in total. The van der Waals surface area contributed by atoms with Crippen LogP contribution in [0.2, 0.25) is 0 Å². The van der Waals surface area contributed by atoms with Crippen LogP contribution in [-0.4, -0.2) is 57.1 Å². The third-order valence-electron chi connectivity index (χ3n) is 5.79. The van der Waals surface area contributed by atoms with E-state index >= 15 is 0 Å². The number of nitrogens with two attached hydrogens (primary N) is 1. The summed E-state index contributed by atoms with van der Waals surface area (Å²) in [5.41, 5.74) is 1.86. The molecule has 0 unspecified atom stereocenters. The molecular formula is C24H30N2O7S. The van der Waals surface area contributed by atoms with Gasteiger partial charge in [0.25, 0.3) is 0 Å². The molecule has 0 bridgehead atoms. The molecule has 34 heavy (non-hydrogen) atoms. The first kappa shape index (κ1) is 25.5. The Morgan fingerprint density at radius 1 is 1.18 bits per heavy atom. The first-order valence-corrected chi connectivity index (χ1v) is 12.7. The Kier molecular flexibility index (Phi) is 8.51. The van der Waals surface area contributed by atoms with E-state index in [1.165, 1.54) is 11.0 Å². The second-order valence-electron chi connectivity index (χ2n) is 8.17. The fourth-order valence-corrected chi connectivity index (χ4v) is 4.76. The van der Waals surface area contributed by atoms with Crippen LogP contribution in [0.4, 0.5) is 4.79 Å². The molecule has 0 aliphatic carbocycles. The van der Waals surface area contributed by atoms with Crippen molar-refractivity contribution in [1.82, 2.24) is 4.90 Å². The van der Waals surface area contributed by atoms with Crippen LogP contribution in [0, 0.1) is 0 Å². The number of ketones is 1. The number of rotatable bonds is 11. The minimum Gasteiger partial charge on any atom is -0.496 e. The number of primary sulfonamides is 1. The highest BCUT2D eigenvalue weighted by Crippen LogP contribution is 2.33. The van der Waals surface area contributed by atoms with Gasteiger partial charge < -0.3 is 19.5 Å². The van der Waals surface area contributed by atoms with E-state index in [4.69, 9.17) is 14.6 Å². The lowest BCUT2D eigenvalue weighted by molar-refractivity contribution is 0.0977. The van der Waals surface area contributed by atoms with E-state index in [-0.39, 0.29) is 35.0 Å². The van der Waals surface area contributed by atoms with Gasteiger partial charge in [0.2, 0.25) is 10.0 Å². The number of hydrogen-bond acceptors (Lipinski definition) is 6. The highest BCUT2D eigenvalue weighted by molar-refractivity contribution is 7.89. The lowest BCUT2D eigenvalue weighted by atomic mass is 9.99. The molecule has 2 aromatic carbocycles. The summed E-state index contributed by atoms with van der Waals surface area (Å²) >= 11 is 0. The van der Waals surface area contributed by atoms with Gasteiger partial charge in [-0.2, -0.15) is 0 Å². The van der Waals surface area contributed by atoms with E-state index < -0.39 is 16.1 Å². The van der Waals surface area contributed by atoms with Crippen molar-refractivity contribution < 1.29 is 32.6 Å². The molecule has 0 spiro atoms. The van der Waals surface area contributed by atoms with Crippen molar-refractivity contribution in [2.75, 3.05) is 26.8 Å². The van der Waals surface area contributed by atoms with Crippen molar-refractivity contribution in [2.45, 2.75) is 43.4 Å². The van der Waals surface area contributed by atoms with Crippen molar-refractivity contribution >= 4 is 21.9 Å². The van der Waals surface area contributed by atoms with Crippen LogP contribution >= 0.6 is 0 Å². The van der Waals surface area contributed by atoms with Crippen LogP contribution in [0.5, 0.6) is 11.5 Å². The third kappa shape index (κ3) is 6.48. The molecule has 0 saturated heterocycles. The van der Waals surface area contributed by atoms with Gasteiger partial charge in [0.05, 0.1) is 13.7 Å². The molecular weight excluding hydrogens is 460 g/mol. The molecule has 0 aromatic heterocycles. The van der Waals surface area contributed by atoms with Crippen molar-refractivity contribution in [2.24, 2.45) is 5.14 Å². The fourth-order valence-electron chi connectivity index (χ4n) is 4.02. The normalized spacial score (nSPS) is 13.0. The van der Waals surface area contributed by atoms with Gasteiger partial charge in [-0.05, 0) is 61.4 Å². The van der Waals surface area contributed by atoms with E-state index in [0.717, 1.165) is 12.0 Å². The number of unbranched alkanes of at least 4 members (excludes halogenated alkanes) is 1. The minimum absolute atomic E-state index is 0.165. The summed E-state index contributed by atoms with van der Waals surface area (Å²) < 4.78 is 34.8. The van der Waals surface area contributed by atoms with Crippen LogP contribution < -0.4 is 14.6 Å². The molecule has 10 heteroatoms. The summed E-state index contributed by atoms with van der Waals surface area (Å²) in [6.07, 6.45) is 1.98. The lowest BCUT2D eigenvalue weighted by Crippen LogP contribution is -2.32. The maximum Gasteiger partial charge on any atom is 0.407 e. The SMILES string of the molecule is COc1ccccc1CCN(CCCCC(=O)c1cc2c(c(S(N)(=O)=O)c1)OCCC2)C(=O)O. The fraction of sp³-hybridized carbons (Fsp3) is 0.417. The smallest absolute Gasteiger partial charge is 0.407 e. The lowest BCUT2D eigenvalue weighted by Gasteiger charge is -2.21. The molecule has 0 radical (unpaired) electrons. The van der Waals surface area contributed by atoms with Gasteiger partial charge in [0.15, 0.2) is 5.78 Å². The second-order valence-corrected chi connectivity index (χ2v) is 9.70. The number of methoxy groups -OCH3 is 1. The number of hydrogen-bond donors (Lipinski definition) is 2. The molecule has 3 rings (SSSR count). The molecule has 0 fully saturated rings. The van der Waals surface area contributed by atoms with Crippen LogP contribution in [-0.2, 0) is 22.9 Å². The number of nitrogens with zero attached hydrogens (tertiary/aromatic N) is 1. The maximum absolute atomic E-state index is 12.7.